The highest BCUT2D eigenvalue weighted by Gasteiger charge is 2.22. The number of hydrogen-bond acceptors (Lipinski definition) is 5. The molecular formula is C21H27NO5. The number of rotatable bonds is 9. The van der Waals surface area contributed by atoms with Crippen molar-refractivity contribution in [3.63, 3.8) is 0 Å². The van der Waals surface area contributed by atoms with Crippen molar-refractivity contribution in [2.24, 2.45) is 0 Å². The van der Waals surface area contributed by atoms with E-state index in [2.05, 4.69) is 5.32 Å². The Labute approximate surface area is 160 Å². The third kappa shape index (κ3) is 5.29. The monoisotopic (exact) mass is 373 g/mol. The number of nitrogens with one attached hydrogen (secondary N) is 1. The topological polar surface area (TPSA) is 66.0 Å². The molecule has 6 heteroatoms. The Balaban J connectivity index is 2.11. The minimum Gasteiger partial charge on any atom is -0.497 e. The molecule has 0 aliphatic heterocycles. The lowest BCUT2D eigenvalue weighted by molar-refractivity contribution is -0.128. The van der Waals surface area contributed by atoms with Crippen molar-refractivity contribution in [2.45, 2.75) is 32.4 Å². The van der Waals surface area contributed by atoms with Gasteiger partial charge in [-0.2, -0.15) is 0 Å². The second-order valence-corrected chi connectivity index (χ2v) is 6.03. The second kappa shape index (κ2) is 9.71. The van der Waals surface area contributed by atoms with Gasteiger partial charge in [-0.25, -0.2) is 0 Å². The number of benzene rings is 2. The van der Waals surface area contributed by atoms with E-state index in [-0.39, 0.29) is 11.9 Å². The Kier molecular flexibility index (Phi) is 7.34. The van der Waals surface area contributed by atoms with E-state index in [1.165, 1.54) is 0 Å². The number of amides is 1. The summed E-state index contributed by atoms with van der Waals surface area (Å²) >= 11 is 0. The summed E-state index contributed by atoms with van der Waals surface area (Å²) in [7, 11) is 4.79. The summed E-state index contributed by atoms with van der Waals surface area (Å²) in [5, 5.41) is 2.99. The van der Waals surface area contributed by atoms with Crippen molar-refractivity contribution >= 4 is 5.91 Å². The van der Waals surface area contributed by atoms with Crippen molar-refractivity contribution in [2.75, 3.05) is 21.3 Å². The fourth-order valence-corrected chi connectivity index (χ4v) is 2.72. The van der Waals surface area contributed by atoms with Crippen LogP contribution in [-0.2, 0) is 4.79 Å². The first-order valence-electron chi connectivity index (χ1n) is 8.85. The van der Waals surface area contributed by atoms with E-state index >= 15 is 0 Å². The zero-order valence-electron chi connectivity index (χ0n) is 16.4. The average Bonchev–Trinajstić information content (AvgIpc) is 2.71. The van der Waals surface area contributed by atoms with Crippen LogP contribution in [-0.4, -0.2) is 33.3 Å². The lowest BCUT2D eigenvalue weighted by Crippen LogP contribution is -2.39. The van der Waals surface area contributed by atoms with Crippen LogP contribution in [0.1, 0.15) is 31.9 Å². The highest BCUT2D eigenvalue weighted by Crippen LogP contribution is 2.29. The summed E-state index contributed by atoms with van der Waals surface area (Å²) in [5.74, 6) is 2.45. The number of hydrogen-bond donors (Lipinski definition) is 1. The summed E-state index contributed by atoms with van der Waals surface area (Å²) in [4.78, 5) is 12.7. The molecule has 0 fully saturated rings. The highest BCUT2D eigenvalue weighted by atomic mass is 16.5. The van der Waals surface area contributed by atoms with E-state index in [1.807, 2.05) is 44.2 Å². The molecule has 27 heavy (non-hydrogen) atoms. The molecular weight excluding hydrogens is 346 g/mol. The molecule has 2 aromatic rings. The van der Waals surface area contributed by atoms with Crippen LogP contribution in [0, 0.1) is 0 Å². The molecule has 0 heterocycles. The first kappa shape index (κ1) is 20.4. The fraction of sp³-hybridized carbons (Fsp3) is 0.381. The van der Waals surface area contributed by atoms with Crippen LogP contribution < -0.4 is 24.3 Å². The van der Waals surface area contributed by atoms with E-state index in [0.717, 1.165) is 5.56 Å². The molecule has 0 aromatic heterocycles. The second-order valence-electron chi connectivity index (χ2n) is 6.03. The Hall–Kier alpha value is -2.89. The normalized spacial score (nSPS) is 12.6. The molecule has 0 radical (unpaired) electrons. The summed E-state index contributed by atoms with van der Waals surface area (Å²) in [6, 6.07) is 12.4. The summed E-state index contributed by atoms with van der Waals surface area (Å²) < 4.78 is 21.7. The Morgan fingerprint density at radius 1 is 0.963 bits per heavy atom. The molecule has 0 saturated heterocycles. The van der Waals surface area contributed by atoms with Gasteiger partial charge in [0.2, 0.25) is 0 Å². The molecule has 0 aliphatic rings. The maximum absolute atomic E-state index is 12.7. The van der Waals surface area contributed by atoms with Gasteiger partial charge in [0.05, 0.1) is 27.4 Å². The Bertz CT molecular complexity index is 762. The van der Waals surface area contributed by atoms with E-state index in [9.17, 15) is 4.79 Å². The van der Waals surface area contributed by atoms with Crippen molar-refractivity contribution in [1.82, 2.24) is 5.32 Å². The van der Waals surface area contributed by atoms with Gasteiger partial charge < -0.3 is 24.3 Å². The molecule has 2 atom stereocenters. The van der Waals surface area contributed by atoms with Gasteiger partial charge in [0.1, 0.15) is 23.0 Å². The predicted octanol–water partition coefficient (Wildman–Crippen LogP) is 3.75. The van der Waals surface area contributed by atoms with Gasteiger partial charge in [0.15, 0.2) is 6.10 Å². The summed E-state index contributed by atoms with van der Waals surface area (Å²) in [6.07, 6.45) is -0.0819. The summed E-state index contributed by atoms with van der Waals surface area (Å²) in [5.41, 5.74) is 0.835. The Morgan fingerprint density at radius 3 is 2.26 bits per heavy atom. The molecule has 0 unspecified atom stereocenters. The molecule has 1 N–H and O–H groups in total. The highest BCUT2D eigenvalue weighted by molar-refractivity contribution is 5.81. The van der Waals surface area contributed by atoms with Gasteiger partial charge in [0.25, 0.3) is 5.91 Å². The van der Waals surface area contributed by atoms with Gasteiger partial charge in [0, 0.05) is 11.6 Å². The number of ether oxygens (including phenoxy) is 4. The lowest BCUT2D eigenvalue weighted by atomic mass is 10.1. The van der Waals surface area contributed by atoms with E-state index in [0.29, 0.717) is 29.4 Å². The van der Waals surface area contributed by atoms with Crippen LogP contribution in [0.25, 0.3) is 0 Å². The molecule has 6 nitrogen and oxygen atoms in total. The van der Waals surface area contributed by atoms with Crippen LogP contribution in [0.5, 0.6) is 23.0 Å². The smallest absolute Gasteiger partial charge is 0.261 e. The third-order valence-corrected chi connectivity index (χ3v) is 4.24. The Morgan fingerprint density at radius 2 is 1.63 bits per heavy atom. The largest absolute Gasteiger partial charge is 0.497 e. The van der Waals surface area contributed by atoms with E-state index in [1.54, 1.807) is 33.5 Å². The van der Waals surface area contributed by atoms with Gasteiger partial charge in [-0.05, 0) is 43.7 Å². The zero-order chi connectivity index (χ0) is 19.8. The van der Waals surface area contributed by atoms with Crippen LogP contribution >= 0.6 is 0 Å². The van der Waals surface area contributed by atoms with Crippen molar-refractivity contribution in [3.8, 4) is 23.0 Å². The quantitative estimate of drug-likeness (QED) is 0.725. The molecule has 2 aromatic carbocycles. The molecule has 1 amide bonds. The lowest BCUT2D eigenvalue weighted by Gasteiger charge is -2.22. The maximum atomic E-state index is 12.7. The van der Waals surface area contributed by atoms with Crippen LogP contribution in [0.4, 0.5) is 0 Å². The molecule has 0 aliphatic carbocycles. The molecule has 2 rings (SSSR count). The van der Waals surface area contributed by atoms with E-state index in [4.69, 9.17) is 18.9 Å². The average molecular weight is 373 g/mol. The van der Waals surface area contributed by atoms with Crippen molar-refractivity contribution in [3.05, 3.63) is 48.0 Å². The van der Waals surface area contributed by atoms with Crippen LogP contribution in [0.15, 0.2) is 42.5 Å². The van der Waals surface area contributed by atoms with Gasteiger partial charge in [-0.1, -0.05) is 13.0 Å². The number of methoxy groups -OCH3 is 3. The minimum atomic E-state index is -0.615. The standard InChI is InChI=1S/C21H27NO5/c1-6-19(27-17-9-7-8-15(12-17)24-3)21(23)22-14(2)18-13-16(25-4)10-11-20(18)26-5/h7-14,19H,6H2,1-5H3,(H,22,23)/t14-,19-/m0/s1. The molecule has 0 bridgehead atoms. The van der Waals surface area contributed by atoms with E-state index < -0.39 is 6.10 Å². The summed E-state index contributed by atoms with van der Waals surface area (Å²) in [6.45, 7) is 3.80. The predicted molar refractivity (Wildman–Crippen MR) is 104 cm³/mol. The van der Waals surface area contributed by atoms with Crippen LogP contribution in [0.3, 0.4) is 0 Å². The molecule has 0 spiro atoms. The van der Waals surface area contributed by atoms with Crippen molar-refractivity contribution in [1.29, 1.82) is 0 Å². The fourth-order valence-electron chi connectivity index (χ4n) is 2.72. The SMILES string of the molecule is CC[C@H](Oc1cccc(OC)c1)C(=O)N[C@@H](C)c1cc(OC)ccc1OC. The first-order chi connectivity index (χ1) is 13.0. The number of carbonyl (C=O) groups is 1. The minimum absolute atomic E-state index is 0.197. The van der Waals surface area contributed by atoms with Gasteiger partial charge >= 0.3 is 0 Å². The van der Waals surface area contributed by atoms with Gasteiger partial charge in [-0.3, -0.25) is 4.79 Å². The number of carbonyl (C=O) groups excluding carboxylic acids is 1. The molecule has 146 valence electrons. The van der Waals surface area contributed by atoms with Crippen molar-refractivity contribution < 1.29 is 23.7 Å². The third-order valence-electron chi connectivity index (χ3n) is 4.24. The van der Waals surface area contributed by atoms with Crippen LogP contribution in [0.2, 0.25) is 0 Å². The maximum Gasteiger partial charge on any atom is 0.261 e. The van der Waals surface area contributed by atoms with Gasteiger partial charge in [-0.15, -0.1) is 0 Å². The molecule has 0 saturated carbocycles. The zero-order valence-corrected chi connectivity index (χ0v) is 16.4. The first-order valence-corrected chi connectivity index (χ1v) is 8.85.